The second kappa shape index (κ2) is 6.55. The fourth-order valence-electron chi connectivity index (χ4n) is 3.53. The third-order valence-corrected chi connectivity index (χ3v) is 5.10. The van der Waals surface area contributed by atoms with Crippen LogP contribution in [0.15, 0.2) is 0 Å². The van der Waals surface area contributed by atoms with Gasteiger partial charge in [-0.1, -0.05) is 25.7 Å². The highest BCUT2D eigenvalue weighted by Crippen LogP contribution is 2.43. The molecule has 1 aliphatic carbocycles. The van der Waals surface area contributed by atoms with E-state index < -0.39 is 17.5 Å². The van der Waals surface area contributed by atoms with Gasteiger partial charge in [-0.05, 0) is 38.6 Å². The van der Waals surface area contributed by atoms with E-state index in [1.165, 1.54) is 12.8 Å². The molecule has 0 radical (unpaired) electrons. The normalized spacial score (nSPS) is 29.9. The molecular formula is C15H25F3N2O. The van der Waals surface area contributed by atoms with Crippen molar-refractivity contribution in [1.29, 1.82) is 0 Å². The number of alkyl halides is 3. The van der Waals surface area contributed by atoms with Gasteiger partial charge in [0.25, 0.3) is 0 Å². The number of hydrogen-bond acceptors (Lipinski definition) is 2. The van der Waals surface area contributed by atoms with Crippen LogP contribution in [0.1, 0.15) is 51.9 Å². The van der Waals surface area contributed by atoms with Crippen LogP contribution >= 0.6 is 0 Å². The Bertz CT molecular complexity index is 356. The second-order valence-corrected chi connectivity index (χ2v) is 6.52. The number of carbonyl (C=O) groups excluding carboxylic acids is 1. The predicted octanol–water partition coefficient (Wildman–Crippen LogP) is 3.00. The minimum Gasteiger partial charge on any atom is -0.353 e. The first kappa shape index (κ1) is 16.6. The summed E-state index contributed by atoms with van der Waals surface area (Å²) in [6.45, 7) is 1.78. The maximum absolute atomic E-state index is 13.3. The lowest BCUT2D eigenvalue weighted by Crippen LogP contribution is -2.55. The Kier molecular flexibility index (Phi) is 5.17. The summed E-state index contributed by atoms with van der Waals surface area (Å²) < 4.78 is 40.0. The van der Waals surface area contributed by atoms with Crippen LogP contribution in [0.3, 0.4) is 0 Å². The molecule has 0 aromatic rings. The molecule has 0 aromatic heterocycles. The van der Waals surface area contributed by atoms with Crippen molar-refractivity contribution in [2.75, 3.05) is 13.1 Å². The molecule has 2 atom stereocenters. The summed E-state index contributed by atoms with van der Waals surface area (Å²) in [5.74, 6) is -0.548. The van der Waals surface area contributed by atoms with Crippen LogP contribution in [-0.4, -0.2) is 31.2 Å². The van der Waals surface area contributed by atoms with Gasteiger partial charge in [-0.3, -0.25) is 4.79 Å². The zero-order valence-corrected chi connectivity index (χ0v) is 12.6. The molecule has 6 heteroatoms. The lowest BCUT2D eigenvalue weighted by atomic mass is 9.84. The first-order chi connectivity index (χ1) is 9.87. The quantitative estimate of drug-likeness (QED) is 0.787. The fraction of sp³-hybridized carbons (Fsp3) is 0.933. The van der Waals surface area contributed by atoms with E-state index in [1.54, 1.807) is 0 Å². The van der Waals surface area contributed by atoms with Crippen molar-refractivity contribution in [2.45, 2.75) is 64.1 Å². The van der Waals surface area contributed by atoms with Crippen LogP contribution in [0.25, 0.3) is 0 Å². The average Bonchev–Trinajstić information content (AvgIpc) is 2.76. The van der Waals surface area contributed by atoms with Crippen molar-refractivity contribution in [3.05, 3.63) is 0 Å². The fourth-order valence-corrected chi connectivity index (χ4v) is 3.53. The van der Waals surface area contributed by atoms with Gasteiger partial charge in [-0.15, -0.1) is 0 Å². The molecule has 122 valence electrons. The van der Waals surface area contributed by atoms with Gasteiger partial charge in [-0.2, -0.15) is 13.2 Å². The number of carbonyl (C=O) groups is 1. The smallest absolute Gasteiger partial charge is 0.353 e. The van der Waals surface area contributed by atoms with Crippen LogP contribution in [0.5, 0.6) is 0 Å². The molecule has 1 heterocycles. The third-order valence-electron chi connectivity index (χ3n) is 5.10. The number of amides is 1. The average molecular weight is 306 g/mol. The van der Waals surface area contributed by atoms with Gasteiger partial charge in [0.1, 0.15) is 0 Å². The molecule has 1 saturated heterocycles. The zero-order chi connectivity index (χ0) is 15.5. The predicted molar refractivity (Wildman–Crippen MR) is 74.8 cm³/mol. The van der Waals surface area contributed by atoms with Crippen LogP contribution < -0.4 is 10.6 Å². The largest absolute Gasteiger partial charge is 0.404 e. The third kappa shape index (κ3) is 3.52. The van der Waals surface area contributed by atoms with Crippen molar-refractivity contribution >= 4 is 5.91 Å². The monoisotopic (exact) mass is 306 g/mol. The molecule has 0 bridgehead atoms. The van der Waals surface area contributed by atoms with Crippen molar-refractivity contribution in [3.8, 4) is 0 Å². The zero-order valence-electron chi connectivity index (χ0n) is 12.6. The Balaban J connectivity index is 2.01. The van der Waals surface area contributed by atoms with Gasteiger partial charge >= 0.3 is 6.18 Å². The van der Waals surface area contributed by atoms with E-state index in [2.05, 4.69) is 10.6 Å². The lowest BCUT2D eigenvalue weighted by Gasteiger charge is -2.32. The molecule has 2 N–H and O–H groups in total. The lowest BCUT2D eigenvalue weighted by molar-refractivity contribution is -0.216. The van der Waals surface area contributed by atoms with Gasteiger partial charge in [0.05, 0.1) is 0 Å². The molecule has 1 unspecified atom stereocenters. The molecule has 0 spiro atoms. The van der Waals surface area contributed by atoms with E-state index in [0.29, 0.717) is 5.92 Å². The van der Waals surface area contributed by atoms with E-state index in [9.17, 15) is 18.0 Å². The van der Waals surface area contributed by atoms with Crippen LogP contribution in [0.4, 0.5) is 13.2 Å². The molecular weight excluding hydrogens is 281 g/mol. The maximum atomic E-state index is 13.3. The minimum absolute atomic E-state index is 0.167. The molecule has 21 heavy (non-hydrogen) atoms. The van der Waals surface area contributed by atoms with Gasteiger partial charge in [0.15, 0.2) is 5.41 Å². The SMILES string of the molecule is C[C@@H](NC(=O)C1(C(F)(F)F)CCNC1)C1CCCCCC1. The van der Waals surface area contributed by atoms with E-state index in [0.717, 1.165) is 25.7 Å². The standard InChI is InChI=1S/C15H25F3N2O/c1-11(12-6-4-2-3-5-7-12)20-13(21)14(15(16,17)18)8-9-19-10-14/h11-12,19H,2-10H2,1H3,(H,20,21)/t11-,14?/m1/s1. The van der Waals surface area contributed by atoms with Crippen LogP contribution in [0, 0.1) is 11.3 Å². The summed E-state index contributed by atoms with van der Waals surface area (Å²) in [4.78, 5) is 12.3. The van der Waals surface area contributed by atoms with Gasteiger partial charge in [0, 0.05) is 12.6 Å². The van der Waals surface area contributed by atoms with Gasteiger partial charge in [0.2, 0.25) is 5.91 Å². The van der Waals surface area contributed by atoms with E-state index >= 15 is 0 Å². The molecule has 1 aliphatic heterocycles. The highest BCUT2D eigenvalue weighted by molar-refractivity contribution is 5.84. The Morgan fingerprint density at radius 1 is 1.24 bits per heavy atom. The Labute approximate surface area is 124 Å². The summed E-state index contributed by atoms with van der Waals surface area (Å²) in [6, 6.07) is -0.185. The van der Waals surface area contributed by atoms with Crippen molar-refractivity contribution in [3.63, 3.8) is 0 Å². The summed E-state index contributed by atoms with van der Waals surface area (Å²) in [7, 11) is 0. The van der Waals surface area contributed by atoms with Crippen LogP contribution in [-0.2, 0) is 4.79 Å². The summed E-state index contributed by atoms with van der Waals surface area (Å²) >= 11 is 0. The maximum Gasteiger partial charge on any atom is 0.404 e. The summed E-state index contributed by atoms with van der Waals surface area (Å²) in [6.07, 6.45) is 1.93. The molecule has 2 aliphatic rings. The van der Waals surface area contributed by atoms with Gasteiger partial charge in [-0.25, -0.2) is 0 Å². The molecule has 3 nitrogen and oxygen atoms in total. The first-order valence-corrected chi connectivity index (χ1v) is 7.95. The highest BCUT2D eigenvalue weighted by Gasteiger charge is 2.61. The van der Waals surface area contributed by atoms with Crippen molar-refractivity contribution in [1.82, 2.24) is 10.6 Å². The van der Waals surface area contributed by atoms with E-state index in [4.69, 9.17) is 0 Å². The molecule has 0 aromatic carbocycles. The first-order valence-electron chi connectivity index (χ1n) is 7.95. The molecule has 2 rings (SSSR count). The molecule has 1 amide bonds. The van der Waals surface area contributed by atoms with Crippen molar-refractivity contribution < 1.29 is 18.0 Å². The number of rotatable bonds is 3. The van der Waals surface area contributed by atoms with Crippen LogP contribution in [0.2, 0.25) is 0 Å². The number of halogens is 3. The minimum atomic E-state index is -4.50. The molecule has 2 fully saturated rings. The second-order valence-electron chi connectivity index (χ2n) is 6.52. The van der Waals surface area contributed by atoms with E-state index in [1.807, 2.05) is 6.92 Å². The Morgan fingerprint density at radius 2 is 1.86 bits per heavy atom. The number of nitrogens with one attached hydrogen (secondary N) is 2. The topological polar surface area (TPSA) is 41.1 Å². The number of hydrogen-bond donors (Lipinski definition) is 2. The summed E-state index contributed by atoms with van der Waals surface area (Å²) in [5, 5.41) is 5.35. The highest BCUT2D eigenvalue weighted by atomic mass is 19.4. The molecule has 1 saturated carbocycles. The Hall–Kier alpha value is -0.780. The van der Waals surface area contributed by atoms with Gasteiger partial charge < -0.3 is 10.6 Å². The van der Waals surface area contributed by atoms with Crippen molar-refractivity contribution in [2.24, 2.45) is 11.3 Å². The van der Waals surface area contributed by atoms with E-state index in [-0.39, 0.29) is 25.6 Å². The summed E-state index contributed by atoms with van der Waals surface area (Å²) in [5.41, 5.74) is -2.24. The Morgan fingerprint density at radius 3 is 2.33 bits per heavy atom.